The number of rotatable bonds is 3. The van der Waals surface area contributed by atoms with Crippen molar-refractivity contribution in [3.05, 3.63) is 82.7 Å². The fraction of sp³-hybridized carbons (Fsp3) is 0.346. The van der Waals surface area contributed by atoms with Crippen LogP contribution in [-0.2, 0) is 23.2 Å². The molecule has 3 heterocycles. The number of hydrogen-bond acceptors (Lipinski definition) is 3. The maximum atomic E-state index is 13.6. The number of anilines is 1. The van der Waals surface area contributed by atoms with Crippen LogP contribution in [0.4, 0.5) is 5.69 Å². The molecule has 2 amide bonds. The lowest BCUT2D eigenvalue weighted by atomic mass is 9.85. The van der Waals surface area contributed by atoms with E-state index in [1.807, 2.05) is 55.5 Å². The Labute approximate surface area is 188 Å². The summed E-state index contributed by atoms with van der Waals surface area (Å²) in [6, 6.07) is 14.4. The van der Waals surface area contributed by atoms with Crippen molar-refractivity contribution in [1.29, 1.82) is 0 Å². The van der Waals surface area contributed by atoms with Crippen molar-refractivity contribution in [1.82, 2.24) is 14.7 Å². The van der Waals surface area contributed by atoms with Gasteiger partial charge in [0.05, 0.1) is 12.1 Å². The highest BCUT2D eigenvalue weighted by molar-refractivity contribution is 6.00. The van der Waals surface area contributed by atoms with E-state index in [0.29, 0.717) is 19.6 Å². The van der Waals surface area contributed by atoms with E-state index in [2.05, 4.69) is 30.2 Å². The lowest BCUT2D eigenvalue weighted by molar-refractivity contribution is -0.136. The predicted molar refractivity (Wildman–Crippen MR) is 123 cm³/mol. The van der Waals surface area contributed by atoms with Gasteiger partial charge in [0.15, 0.2) is 0 Å². The predicted octanol–water partition coefficient (Wildman–Crippen LogP) is 3.56. The Morgan fingerprint density at radius 2 is 1.88 bits per heavy atom. The first kappa shape index (κ1) is 20.5. The van der Waals surface area contributed by atoms with Gasteiger partial charge in [0.25, 0.3) is 0 Å². The molecule has 0 spiro atoms. The van der Waals surface area contributed by atoms with Gasteiger partial charge in [-0.3, -0.25) is 14.3 Å². The molecule has 0 unspecified atom stereocenters. The molecule has 0 bridgehead atoms. The first-order valence-electron chi connectivity index (χ1n) is 11.1. The first-order valence-corrected chi connectivity index (χ1v) is 11.1. The van der Waals surface area contributed by atoms with E-state index in [1.54, 1.807) is 9.58 Å². The molecular weight excluding hydrogens is 400 g/mol. The summed E-state index contributed by atoms with van der Waals surface area (Å²) >= 11 is 0. The second-order valence-electron chi connectivity index (χ2n) is 9.09. The van der Waals surface area contributed by atoms with E-state index in [0.717, 1.165) is 22.4 Å². The smallest absolute Gasteiger partial charge is 0.228 e. The molecule has 32 heavy (non-hydrogen) atoms. The quantitative estimate of drug-likeness (QED) is 0.641. The second-order valence-corrected chi connectivity index (χ2v) is 9.09. The number of carbonyl (C=O) groups excluding carboxylic acids is 2. The fourth-order valence-electron chi connectivity index (χ4n) is 4.95. The van der Waals surface area contributed by atoms with E-state index in [9.17, 15) is 9.59 Å². The Bertz CT molecular complexity index is 1200. The lowest BCUT2D eigenvalue weighted by Crippen LogP contribution is -2.42. The zero-order valence-electron chi connectivity index (χ0n) is 18.8. The van der Waals surface area contributed by atoms with Gasteiger partial charge in [-0.1, -0.05) is 30.3 Å². The molecular formula is C26H28N4O2. The zero-order chi connectivity index (χ0) is 22.4. The van der Waals surface area contributed by atoms with Crippen molar-refractivity contribution in [3.63, 3.8) is 0 Å². The maximum absolute atomic E-state index is 13.6. The molecule has 2 aromatic carbocycles. The monoisotopic (exact) mass is 428 g/mol. The van der Waals surface area contributed by atoms with Crippen molar-refractivity contribution >= 4 is 17.5 Å². The topological polar surface area (TPSA) is 58.4 Å². The fourth-order valence-corrected chi connectivity index (χ4v) is 4.95. The number of carbonyl (C=O) groups is 2. The lowest BCUT2D eigenvalue weighted by Gasteiger charge is -2.35. The summed E-state index contributed by atoms with van der Waals surface area (Å²) in [5.41, 5.74) is 6.75. The van der Waals surface area contributed by atoms with Crippen molar-refractivity contribution in [2.24, 2.45) is 13.0 Å². The number of nitrogens with zero attached hydrogens (tertiary/aromatic N) is 4. The molecule has 5 rings (SSSR count). The number of benzene rings is 2. The Balaban J connectivity index is 1.38. The zero-order valence-corrected chi connectivity index (χ0v) is 18.8. The second kappa shape index (κ2) is 7.93. The third-order valence-corrected chi connectivity index (χ3v) is 6.91. The minimum atomic E-state index is -0.316. The van der Waals surface area contributed by atoms with Crippen molar-refractivity contribution < 1.29 is 9.59 Å². The molecule has 0 saturated carbocycles. The molecule has 164 valence electrons. The summed E-state index contributed by atoms with van der Waals surface area (Å²) in [6.07, 6.45) is 4.17. The number of amides is 2. The number of aromatic nitrogens is 2. The van der Waals surface area contributed by atoms with E-state index in [1.165, 1.54) is 11.1 Å². The van der Waals surface area contributed by atoms with Crippen molar-refractivity contribution in [2.75, 3.05) is 18.0 Å². The molecule has 1 saturated heterocycles. The standard InChI is InChI=1S/C26H28N4O2/c1-17-8-9-22(10-18(17)2)30-15-20(11-25(30)31)26(32)29-14-19-6-4-5-7-23(19)24(16-29)21-12-27-28(3)13-21/h4-10,12-13,20,24H,11,14-16H2,1-3H3/t20-,24+/m0/s1. The molecule has 6 heteroatoms. The average Bonchev–Trinajstić information content (AvgIpc) is 3.40. The SMILES string of the molecule is Cc1ccc(N2C[C@@H](C(=O)N3Cc4ccccc4[C@@H](c4cnn(C)c4)C3)CC2=O)cc1C. The van der Waals surface area contributed by atoms with Gasteiger partial charge in [-0.15, -0.1) is 0 Å². The summed E-state index contributed by atoms with van der Waals surface area (Å²) < 4.78 is 1.80. The molecule has 2 atom stereocenters. The van der Waals surface area contributed by atoms with Crippen LogP contribution in [0.1, 0.15) is 40.2 Å². The first-order chi connectivity index (χ1) is 15.4. The van der Waals surface area contributed by atoms with Gasteiger partial charge in [0.2, 0.25) is 11.8 Å². The normalized spacial score (nSPS) is 20.5. The van der Waals surface area contributed by atoms with Gasteiger partial charge < -0.3 is 9.80 Å². The third-order valence-electron chi connectivity index (χ3n) is 6.91. The van der Waals surface area contributed by atoms with Crippen LogP contribution in [0.3, 0.4) is 0 Å². The minimum Gasteiger partial charge on any atom is -0.337 e. The van der Waals surface area contributed by atoms with Crippen LogP contribution in [0.25, 0.3) is 0 Å². The summed E-state index contributed by atoms with van der Waals surface area (Å²) in [4.78, 5) is 30.1. The van der Waals surface area contributed by atoms with Crippen molar-refractivity contribution in [3.8, 4) is 0 Å². The summed E-state index contributed by atoms with van der Waals surface area (Å²) in [5, 5.41) is 4.34. The molecule has 0 aliphatic carbocycles. The van der Waals surface area contributed by atoms with Gasteiger partial charge >= 0.3 is 0 Å². The molecule has 1 aromatic heterocycles. The summed E-state index contributed by atoms with van der Waals surface area (Å²) in [5.74, 6) is -0.143. The van der Waals surface area contributed by atoms with Crippen LogP contribution in [-0.4, -0.2) is 39.6 Å². The molecule has 1 fully saturated rings. The highest BCUT2D eigenvalue weighted by Gasteiger charge is 2.39. The molecule has 6 nitrogen and oxygen atoms in total. The third kappa shape index (κ3) is 3.60. The molecule has 0 radical (unpaired) electrons. The van der Waals surface area contributed by atoms with Crippen LogP contribution in [0.2, 0.25) is 0 Å². The number of hydrogen-bond donors (Lipinski definition) is 0. The molecule has 3 aromatic rings. The van der Waals surface area contributed by atoms with Gasteiger partial charge in [-0.25, -0.2) is 0 Å². The van der Waals surface area contributed by atoms with E-state index >= 15 is 0 Å². The van der Waals surface area contributed by atoms with E-state index in [-0.39, 0.29) is 30.1 Å². The van der Waals surface area contributed by atoms with Crippen LogP contribution >= 0.6 is 0 Å². The largest absolute Gasteiger partial charge is 0.337 e. The summed E-state index contributed by atoms with van der Waals surface area (Å²) in [6.45, 7) is 5.74. The molecule has 0 N–H and O–H groups in total. The van der Waals surface area contributed by atoms with Gasteiger partial charge in [0.1, 0.15) is 0 Å². The maximum Gasteiger partial charge on any atom is 0.228 e. The molecule has 2 aliphatic rings. The highest BCUT2D eigenvalue weighted by atomic mass is 16.2. The van der Waals surface area contributed by atoms with E-state index < -0.39 is 0 Å². The average molecular weight is 429 g/mol. The van der Waals surface area contributed by atoms with Gasteiger partial charge in [0, 0.05) is 50.9 Å². The van der Waals surface area contributed by atoms with E-state index in [4.69, 9.17) is 0 Å². The van der Waals surface area contributed by atoms with Gasteiger partial charge in [-0.2, -0.15) is 5.10 Å². The Morgan fingerprint density at radius 3 is 2.62 bits per heavy atom. The number of aryl methyl sites for hydroxylation is 3. The Morgan fingerprint density at radius 1 is 1.06 bits per heavy atom. The van der Waals surface area contributed by atoms with Crippen molar-refractivity contribution in [2.45, 2.75) is 32.7 Å². The highest BCUT2D eigenvalue weighted by Crippen LogP contribution is 2.35. The Kier molecular flexibility index (Phi) is 5.08. The minimum absolute atomic E-state index is 0.0211. The van der Waals surface area contributed by atoms with Gasteiger partial charge in [-0.05, 0) is 53.8 Å². The van der Waals surface area contributed by atoms with Crippen LogP contribution in [0, 0.1) is 19.8 Å². The summed E-state index contributed by atoms with van der Waals surface area (Å²) in [7, 11) is 1.91. The molecule has 2 aliphatic heterocycles. The van der Waals surface area contributed by atoms with Crippen LogP contribution < -0.4 is 4.90 Å². The van der Waals surface area contributed by atoms with Crippen LogP contribution in [0.5, 0.6) is 0 Å². The van der Waals surface area contributed by atoms with Crippen LogP contribution in [0.15, 0.2) is 54.9 Å². The Hall–Kier alpha value is -3.41. The number of fused-ring (bicyclic) bond motifs is 1.